The quantitative estimate of drug-likeness (QED) is 0.710. The van der Waals surface area contributed by atoms with Crippen LogP contribution < -0.4 is 11.1 Å². The summed E-state index contributed by atoms with van der Waals surface area (Å²) in [6.45, 7) is 4.03. The Morgan fingerprint density at radius 2 is 1.89 bits per heavy atom. The van der Waals surface area contributed by atoms with Crippen LogP contribution in [0.2, 0.25) is 0 Å². The second-order valence-corrected chi connectivity index (χ2v) is 5.04. The van der Waals surface area contributed by atoms with Crippen molar-refractivity contribution < 1.29 is 4.79 Å². The third kappa shape index (κ3) is 4.93. The van der Waals surface area contributed by atoms with Gasteiger partial charge in [0, 0.05) is 13.5 Å². The second-order valence-electron chi connectivity index (χ2n) is 5.04. The van der Waals surface area contributed by atoms with E-state index in [4.69, 9.17) is 5.73 Å². The molecule has 0 aromatic carbocycles. The van der Waals surface area contributed by atoms with Crippen molar-refractivity contribution in [2.45, 2.75) is 58.8 Å². The van der Waals surface area contributed by atoms with E-state index in [2.05, 4.69) is 17.3 Å². The molecule has 1 aromatic rings. The lowest BCUT2D eigenvalue weighted by molar-refractivity contribution is -0.116. The number of nitrogens with one attached hydrogen (secondary N) is 1. The molecule has 1 rings (SSSR count). The molecule has 0 saturated carbocycles. The van der Waals surface area contributed by atoms with E-state index >= 15 is 0 Å². The van der Waals surface area contributed by atoms with E-state index in [1.54, 1.807) is 11.7 Å². The van der Waals surface area contributed by atoms with Gasteiger partial charge >= 0.3 is 0 Å². The number of carbonyl (C=O) groups excluding carboxylic acids is 1. The van der Waals surface area contributed by atoms with Gasteiger partial charge in [-0.2, -0.15) is 5.10 Å². The molecular weight excluding hydrogens is 240 g/mol. The fraction of sp³-hybridized carbons (Fsp3) is 0.714. The van der Waals surface area contributed by atoms with Crippen LogP contribution in [0.25, 0.3) is 0 Å². The number of nitrogens with zero attached hydrogens (tertiary/aromatic N) is 2. The van der Waals surface area contributed by atoms with Crippen molar-refractivity contribution in [1.29, 1.82) is 0 Å². The van der Waals surface area contributed by atoms with Gasteiger partial charge in [0.25, 0.3) is 0 Å². The zero-order valence-corrected chi connectivity index (χ0v) is 12.3. The number of carbonyl (C=O) groups is 1. The van der Waals surface area contributed by atoms with Crippen molar-refractivity contribution in [3.63, 3.8) is 0 Å². The Bertz CT molecular complexity index is 412. The number of aromatic nitrogens is 2. The van der Waals surface area contributed by atoms with Crippen LogP contribution in [-0.2, 0) is 11.8 Å². The highest BCUT2D eigenvalue weighted by Gasteiger charge is 2.12. The zero-order chi connectivity index (χ0) is 14.3. The molecule has 3 N–H and O–H groups in total. The number of rotatable bonds is 8. The summed E-state index contributed by atoms with van der Waals surface area (Å²) in [4.78, 5) is 11.8. The molecule has 1 aromatic heterocycles. The molecule has 1 amide bonds. The molecule has 5 nitrogen and oxygen atoms in total. The highest BCUT2D eigenvalue weighted by atomic mass is 16.1. The van der Waals surface area contributed by atoms with Gasteiger partial charge in [-0.15, -0.1) is 0 Å². The molecule has 5 heteroatoms. The van der Waals surface area contributed by atoms with E-state index in [-0.39, 0.29) is 5.91 Å². The zero-order valence-electron chi connectivity index (χ0n) is 12.3. The number of amides is 1. The predicted octanol–water partition coefficient (Wildman–Crippen LogP) is 3.00. The minimum atomic E-state index is 0.0187. The van der Waals surface area contributed by atoms with Gasteiger partial charge in [-0.3, -0.25) is 9.48 Å². The van der Waals surface area contributed by atoms with Crippen LogP contribution in [0.5, 0.6) is 0 Å². The lowest BCUT2D eigenvalue weighted by Crippen LogP contribution is -2.15. The number of hydrogen-bond donors (Lipinski definition) is 2. The minimum Gasteiger partial charge on any atom is -0.394 e. The van der Waals surface area contributed by atoms with Crippen LogP contribution in [0.4, 0.5) is 11.5 Å². The first-order chi connectivity index (χ1) is 9.06. The van der Waals surface area contributed by atoms with Gasteiger partial charge < -0.3 is 11.1 Å². The third-order valence-electron chi connectivity index (χ3n) is 3.28. The molecule has 0 bridgehead atoms. The fourth-order valence-electron chi connectivity index (χ4n) is 2.08. The molecule has 0 aliphatic carbocycles. The van der Waals surface area contributed by atoms with Crippen LogP contribution in [0.1, 0.15) is 57.6 Å². The molecule has 0 aliphatic rings. The van der Waals surface area contributed by atoms with Crippen LogP contribution in [-0.4, -0.2) is 15.7 Å². The minimum absolute atomic E-state index is 0.0187. The van der Waals surface area contributed by atoms with Crippen molar-refractivity contribution in [2.75, 3.05) is 11.1 Å². The molecule has 108 valence electrons. The Balaban J connectivity index is 2.28. The maximum Gasteiger partial charge on any atom is 0.225 e. The van der Waals surface area contributed by atoms with E-state index in [0.717, 1.165) is 18.5 Å². The SMILES string of the molecule is CCCCCCCCC(=O)Nc1c(N)c(C)nn1C. The maximum absolute atomic E-state index is 11.8. The summed E-state index contributed by atoms with van der Waals surface area (Å²) in [6.07, 6.45) is 7.63. The number of unbranched alkanes of at least 4 members (excludes halogenated alkanes) is 5. The summed E-state index contributed by atoms with van der Waals surface area (Å²) in [5.41, 5.74) is 7.17. The van der Waals surface area contributed by atoms with Crippen molar-refractivity contribution in [1.82, 2.24) is 9.78 Å². The average molecular weight is 266 g/mol. The lowest BCUT2D eigenvalue weighted by Gasteiger charge is -2.06. The first-order valence-electron chi connectivity index (χ1n) is 7.15. The van der Waals surface area contributed by atoms with Gasteiger partial charge in [0.1, 0.15) is 0 Å². The monoisotopic (exact) mass is 266 g/mol. The van der Waals surface area contributed by atoms with Crippen molar-refractivity contribution in [3.8, 4) is 0 Å². The fourth-order valence-corrected chi connectivity index (χ4v) is 2.08. The molecule has 19 heavy (non-hydrogen) atoms. The highest BCUT2D eigenvalue weighted by Crippen LogP contribution is 2.21. The first-order valence-corrected chi connectivity index (χ1v) is 7.15. The van der Waals surface area contributed by atoms with Gasteiger partial charge in [-0.25, -0.2) is 0 Å². The Hall–Kier alpha value is -1.52. The standard InChI is InChI=1S/C14H26N4O/c1-4-5-6-7-8-9-10-12(19)16-14-13(15)11(2)17-18(14)3/h4-10,15H2,1-3H3,(H,16,19). The molecule has 0 atom stereocenters. The van der Waals surface area contributed by atoms with E-state index < -0.39 is 0 Å². The molecule has 1 heterocycles. The molecule has 0 saturated heterocycles. The maximum atomic E-state index is 11.8. The van der Waals surface area contributed by atoms with Crippen molar-refractivity contribution in [2.24, 2.45) is 7.05 Å². The Kier molecular flexibility index (Phi) is 6.39. The summed E-state index contributed by atoms with van der Waals surface area (Å²) in [6, 6.07) is 0. The number of anilines is 2. The van der Waals surface area contributed by atoms with Gasteiger partial charge in [-0.1, -0.05) is 39.0 Å². The van der Waals surface area contributed by atoms with Crippen molar-refractivity contribution in [3.05, 3.63) is 5.69 Å². The third-order valence-corrected chi connectivity index (χ3v) is 3.28. The number of nitrogens with two attached hydrogens (primary N) is 1. The molecule has 0 unspecified atom stereocenters. The summed E-state index contributed by atoms with van der Waals surface area (Å²) in [5, 5.41) is 7.01. The molecular formula is C14H26N4O. The smallest absolute Gasteiger partial charge is 0.225 e. The van der Waals surface area contributed by atoms with Crippen LogP contribution in [0, 0.1) is 6.92 Å². The van der Waals surface area contributed by atoms with Gasteiger partial charge in [0.2, 0.25) is 5.91 Å². The van der Waals surface area contributed by atoms with E-state index in [1.807, 2.05) is 6.92 Å². The Morgan fingerprint density at radius 3 is 2.47 bits per heavy atom. The number of aryl methyl sites for hydroxylation is 2. The molecule has 0 spiro atoms. The largest absolute Gasteiger partial charge is 0.394 e. The Labute approximate surface area is 115 Å². The summed E-state index contributed by atoms with van der Waals surface area (Å²) < 4.78 is 1.61. The molecule has 0 radical (unpaired) electrons. The molecule has 0 fully saturated rings. The number of nitrogen functional groups attached to an aromatic ring is 1. The van der Waals surface area contributed by atoms with E-state index in [9.17, 15) is 4.79 Å². The van der Waals surface area contributed by atoms with Gasteiger partial charge in [0.15, 0.2) is 5.82 Å². The van der Waals surface area contributed by atoms with Crippen LogP contribution in [0.15, 0.2) is 0 Å². The van der Waals surface area contributed by atoms with E-state index in [1.165, 1.54) is 25.7 Å². The van der Waals surface area contributed by atoms with Crippen molar-refractivity contribution >= 4 is 17.4 Å². The van der Waals surface area contributed by atoms with Gasteiger partial charge in [0.05, 0.1) is 11.4 Å². The average Bonchev–Trinajstić information content (AvgIpc) is 2.60. The first kappa shape index (κ1) is 15.5. The van der Waals surface area contributed by atoms with Crippen LogP contribution in [0.3, 0.4) is 0 Å². The van der Waals surface area contributed by atoms with Crippen LogP contribution >= 0.6 is 0 Å². The predicted molar refractivity (Wildman–Crippen MR) is 79.0 cm³/mol. The second kappa shape index (κ2) is 7.81. The normalized spacial score (nSPS) is 10.7. The van der Waals surface area contributed by atoms with Gasteiger partial charge in [-0.05, 0) is 13.3 Å². The highest BCUT2D eigenvalue weighted by molar-refractivity contribution is 5.92. The lowest BCUT2D eigenvalue weighted by atomic mass is 10.1. The topological polar surface area (TPSA) is 72.9 Å². The Morgan fingerprint density at radius 1 is 1.26 bits per heavy atom. The van der Waals surface area contributed by atoms with E-state index in [0.29, 0.717) is 17.9 Å². The number of hydrogen-bond acceptors (Lipinski definition) is 3. The summed E-state index contributed by atoms with van der Waals surface area (Å²) >= 11 is 0. The summed E-state index contributed by atoms with van der Waals surface area (Å²) in [7, 11) is 1.78. The molecule has 0 aliphatic heterocycles. The summed E-state index contributed by atoms with van der Waals surface area (Å²) in [5.74, 6) is 0.624.